The van der Waals surface area contributed by atoms with Gasteiger partial charge in [-0.05, 0) is 0 Å². The third-order valence-corrected chi connectivity index (χ3v) is 1.30. The lowest BCUT2D eigenvalue weighted by molar-refractivity contribution is -0.137. The maximum absolute atomic E-state index is 10.9. The number of nitrogens with zero attached hydrogens (tertiary/aromatic N) is 3. The molecule has 7 heteroatoms. The first-order valence-electron chi connectivity index (χ1n) is 3.47. The molecule has 1 rings (SSSR count). The van der Waals surface area contributed by atoms with Crippen molar-refractivity contribution in [3.63, 3.8) is 0 Å². The van der Waals surface area contributed by atoms with Gasteiger partial charge in [0.2, 0.25) is 0 Å². The van der Waals surface area contributed by atoms with Crippen LogP contribution in [0.5, 0.6) is 0 Å². The van der Waals surface area contributed by atoms with Gasteiger partial charge in [0.05, 0.1) is 6.20 Å². The van der Waals surface area contributed by atoms with E-state index in [0.717, 1.165) is 4.68 Å². The Bertz CT molecular complexity index is 332. The highest BCUT2D eigenvalue weighted by Gasteiger charge is 2.09. The lowest BCUT2D eigenvalue weighted by atomic mass is 10.4. The largest absolute Gasteiger partial charge is 0.480 e. The van der Waals surface area contributed by atoms with E-state index in [1.54, 1.807) is 0 Å². The second-order valence-corrected chi connectivity index (χ2v) is 2.27. The molecule has 1 aromatic rings. The summed E-state index contributed by atoms with van der Waals surface area (Å²) in [6.45, 7) is -0.302. The van der Waals surface area contributed by atoms with E-state index in [1.165, 1.54) is 13.2 Å². The van der Waals surface area contributed by atoms with Crippen LogP contribution in [-0.4, -0.2) is 39.0 Å². The number of nitrogens with one attached hydrogen (secondary N) is 1. The quantitative estimate of drug-likeness (QED) is 0.610. The van der Waals surface area contributed by atoms with Crippen molar-refractivity contribution in [1.82, 2.24) is 20.3 Å². The number of carboxylic acid groups (broad SMARTS) is 1. The molecule has 0 fully saturated rings. The van der Waals surface area contributed by atoms with Gasteiger partial charge in [0.25, 0.3) is 5.91 Å². The van der Waals surface area contributed by atoms with Gasteiger partial charge in [-0.3, -0.25) is 9.59 Å². The molecule has 0 saturated heterocycles. The fraction of sp³-hybridized carbons (Fsp3) is 0.333. The summed E-state index contributed by atoms with van der Waals surface area (Å²) in [6, 6.07) is 0. The lowest BCUT2D eigenvalue weighted by Gasteiger charge is -1.91. The Balaban J connectivity index is 2.74. The summed E-state index contributed by atoms with van der Waals surface area (Å²) in [6.07, 6.45) is 1.27. The molecular weight excluding hydrogens is 176 g/mol. The monoisotopic (exact) mass is 184 g/mol. The minimum absolute atomic E-state index is 0.101. The Morgan fingerprint density at radius 1 is 1.69 bits per heavy atom. The van der Waals surface area contributed by atoms with Gasteiger partial charge in [-0.15, -0.1) is 5.10 Å². The van der Waals surface area contributed by atoms with Crippen LogP contribution < -0.4 is 5.32 Å². The number of hydrogen-bond acceptors (Lipinski definition) is 4. The van der Waals surface area contributed by atoms with Crippen molar-refractivity contribution in [2.45, 2.75) is 6.54 Å². The van der Waals surface area contributed by atoms with E-state index in [1.807, 2.05) is 0 Å². The molecule has 70 valence electrons. The zero-order valence-electron chi connectivity index (χ0n) is 6.89. The van der Waals surface area contributed by atoms with Gasteiger partial charge in [-0.25, -0.2) is 4.68 Å². The maximum atomic E-state index is 10.9. The number of hydrogen-bond donors (Lipinski definition) is 2. The van der Waals surface area contributed by atoms with Crippen LogP contribution in [0.15, 0.2) is 6.20 Å². The molecule has 0 aliphatic heterocycles. The van der Waals surface area contributed by atoms with Gasteiger partial charge < -0.3 is 10.4 Å². The van der Waals surface area contributed by atoms with Crippen molar-refractivity contribution in [2.24, 2.45) is 0 Å². The van der Waals surface area contributed by atoms with Gasteiger partial charge in [0, 0.05) is 7.05 Å². The highest BCUT2D eigenvalue weighted by molar-refractivity contribution is 5.91. The first-order chi connectivity index (χ1) is 6.13. The summed E-state index contributed by atoms with van der Waals surface area (Å²) >= 11 is 0. The first kappa shape index (κ1) is 9.17. The van der Waals surface area contributed by atoms with Crippen molar-refractivity contribution in [2.75, 3.05) is 7.05 Å². The predicted molar refractivity (Wildman–Crippen MR) is 41.0 cm³/mol. The van der Waals surface area contributed by atoms with E-state index in [0.29, 0.717) is 0 Å². The first-order valence-corrected chi connectivity index (χ1v) is 3.47. The fourth-order valence-corrected chi connectivity index (χ4v) is 0.746. The van der Waals surface area contributed by atoms with Crippen LogP contribution in [0.2, 0.25) is 0 Å². The average Bonchev–Trinajstić information content (AvgIpc) is 2.50. The summed E-state index contributed by atoms with van der Waals surface area (Å²) in [5, 5.41) is 17.7. The molecule has 0 saturated carbocycles. The number of aromatic nitrogens is 3. The van der Waals surface area contributed by atoms with Gasteiger partial charge in [-0.1, -0.05) is 5.21 Å². The van der Waals surface area contributed by atoms with E-state index in [4.69, 9.17) is 5.11 Å². The van der Waals surface area contributed by atoms with Crippen LogP contribution in [0.4, 0.5) is 0 Å². The molecule has 0 bridgehead atoms. The maximum Gasteiger partial charge on any atom is 0.325 e. The standard InChI is InChI=1S/C6H8N4O3/c1-7-6(13)4-2-10(9-8-4)3-5(11)12/h2H,3H2,1H3,(H,7,13)(H,11,12). The third kappa shape index (κ3) is 2.26. The Labute approximate surface area is 73.4 Å². The van der Waals surface area contributed by atoms with E-state index < -0.39 is 11.9 Å². The molecule has 0 aliphatic carbocycles. The van der Waals surface area contributed by atoms with Gasteiger partial charge >= 0.3 is 5.97 Å². The smallest absolute Gasteiger partial charge is 0.325 e. The second kappa shape index (κ2) is 3.65. The van der Waals surface area contributed by atoms with Crippen molar-refractivity contribution < 1.29 is 14.7 Å². The van der Waals surface area contributed by atoms with Crippen LogP contribution in [-0.2, 0) is 11.3 Å². The Hall–Kier alpha value is -1.92. The lowest BCUT2D eigenvalue weighted by Crippen LogP contribution is -2.18. The van der Waals surface area contributed by atoms with E-state index in [9.17, 15) is 9.59 Å². The minimum atomic E-state index is -1.03. The van der Waals surface area contributed by atoms with Crippen molar-refractivity contribution in [3.05, 3.63) is 11.9 Å². The van der Waals surface area contributed by atoms with Crippen LogP contribution in [0.1, 0.15) is 10.5 Å². The number of carbonyl (C=O) groups is 2. The molecule has 2 N–H and O–H groups in total. The summed E-state index contributed by atoms with van der Waals surface area (Å²) < 4.78 is 1.08. The van der Waals surface area contributed by atoms with E-state index >= 15 is 0 Å². The normalized spacial score (nSPS) is 9.62. The third-order valence-electron chi connectivity index (χ3n) is 1.30. The van der Waals surface area contributed by atoms with Crippen molar-refractivity contribution in [1.29, 1.82) is 0 Å². The van der Waals surface area contributed by atoms with Gasteiger partial charge in [0.15, 0.2) is 5.69 Å². The summed E-state index contributed by atoms with van der Waals surface area (Å²) in [4.78, 5) is 21.2. The number of carbonyl (C=O) groups excluding carboxylic acids is 1. The fourth-order valence-electron chi connectivity index (χ4n) is 0.746. The molecule has 0 radical (unpaired) electrons. The Morgan fingerprint density at radius 3 is 2.92 bits per heavy atom. The summed E-state index contributed by atoms with van der Waals surface area (Å²) in [5.74, 6) is -1.43. The summed E-state index contributed by atoms with van der Waals surface area (Å²) in [7, 11) is 1.46. The zero-order valence-corrected chi connectivity index (χ0v) is 6.89. The van der Waals surface area contributed by atoms with Crippen LogP contribution in [0.3, 0.4) is 0 Å². The van der Waals surface area contributed by atoms with Crippen molar-refractivity contribution >= 4 is 11.9 Å². The SMILES string of the molecule is CNC(=O)c1cn(CC(=O)O)nn1. The molecule has 0 atom stereocenters. The predicted octanol–water partition coefficient (Wildman–Crippen LogP) is -1.28. The molecular formula is C6H8N4O3. The van der Waals surface area contributed by atoms with Gasteiger partial charge in [0.1, 0.15) is 6.54 Å². The average molecular weight is 184 g/mol. The Kier molecular flexibility index (Phi) is 2.58. The number of amides is 1. The highest BCUT2D eigenvalue weighted by atomic mass is 16.4. The van der Waals surface area contributed by atoms with Crippen molar-refractivity contribution in [3.8, 4) is 0 Å². The molecule has 13 heavy (non-hydrogen) atoms. The molecule has 0 unspecified atom stereocenters. The molecule has 0 aliphatic rings. The number of aliphatic carboxylic acids is 1. The topological polar surface area (TPSA) is 97.1 Å². The molecule has 7 nitrogen and oxygen atoms in total. The minimum Gasteiger partial charge on any atom is -0.480 e. The van der Waals surface area contributed by atoms with E-state index in [2.05, 4.69) is 15.6 Å². The van der Waals surface area contributed by atoms with Crippen LogP contribution in [0.25, 0.3) is 0 Å². The Morgan fingerprint density at radius 2 is 2.38 bits per heavy atom. The second-order valence-electron chi connectivity index (χ2n) is 2.27. The van der Waals surface area contributed by atoms with Crippen LogP contribution in [0, 0.1) is 0 Å². The van der Waals surface area contributed by atoms with Crippen LogP contribution >= 0.6 is 0 Å². The molecule has 1 heterocycles. The van der Waals surface area contributed by atoms with Gasteiger partial charge in [-0.2, -0.15) is 0 Å². The zero-order chi connectivity index (χ0) is 9.84. The summed E-state index contributed by atoms with van der Waals surface area (Å²) in [5.41, 5.74) is 0.101. The molecule has 0 aromatic carbocycles. The van der Waals surface area contributed by atoms with E-state index in [-0.39, 0.29) is 12.2 Å². The number of rotatable bonds is 3. The molecule has 0 spiro atoms. The molecule has 1 amide bonds. The number of carboxylic acids is 1. The highest BCUT2D eigenvalue weighted by Crippen LogP contribution is 1.91. The molecule has 1 aromatic heterocycles.